The van der Waals surface area contributed by atoms with Crippen molar-refractivity contribution >= 4 is 23.5 Å². The molecule has 0 bridgehead atoms. The molecule has 3 N–H and O–H groups in total. The van der Waals surface area contributed by atoms with Crippen LogP contribution in [0.15, 0.2) is 6.07 Å². The van der Waals surface area contributed by atoms with Gasteiger partial charge in [-0.05, 0) is 24.8 Å². The first-order valence-corrected chi connectivity index (χ1v) is 6.53. The second kappa shape index (κ2) is 5.71. The van der Waals surface area contributed by atoms with Gasteiger partial charge in [-0.3, -0.25) is 10.1 Å². The number of carbonyl (C=O) groups excluding carboxylic acids is 1. The van der Waals surface area contributed by atoms with E-state index in [0.29, 0.717) is 18.8 Å². The second-order valence-electron chi connectivity index (χ2n) is 4.84. The van der Waals surface area contributed by atoms with Gasteiger partial charge in [0.05, 0.1) is 7.11 Å². The van der Waals surface area contributed by atoms with Crippen LogP contribution in [-0.2, 0) is 4.79 Å². The highest BCUT2D eigenvalue weighted by Gasteiger charge is 2.37. The van der Waals surface area contributed by atoms with E-state index in [9.17, 15) is 4.79 Å². The summed E-state index contributed by atoms with van der Waals surface area (Å²) < 4.78 is 4.96. The molecule has 0 spiro atoms. The molecule has 0 radical (unpaired) electrons. The molecule has 1 aromatic heterocycles. The van der Waals surface area contributed by atoms with Gasteiger partial charge >= 0.3 is 0 Å². The van der Waals surface area contributed by atoms with Crippen molar-refractivity contribution in [2.24, 2.45) is 11.1 Å². The Labute approximate surface area is 116 Å². The molecule has 1 aromatic rings. The standard InChI is InChI=1S/C12H17ClN4O2/c1-19-10-5-8(13)15-11(17-10)16-9(18)6-12(7-14)3-2-4-12/h5H,2-4,6-7,14H2,1H3,(H,15,16,17,18). The first-order valence-electron chi connectivity index (χ1n) is 6.15. The van der Waals surface area contributed by atoms with Crippen molar-refractivity contribution < 1.29 is 9.53 Å². The number of anilines is 1. The summed E-state index contributed by atoms with van der Waals surface area (Å²) in [7, 11) is 1.47. The van der Waals surface area contributed by atoms with Crippen molar-refractivity contribution in [3.63, 3.8) is 0 Å². The molecule has 0 aliphatic heterocycles. The highest BCUT2D eigenvalue weighted by Crippen LogP contribution is 2.42. The third-order valence-corrected chi connectivity index (χ3v) is 3.71. The summed E-state index contributed by atoms with van der Waals surface area (Å²) in [5.41, 5.74) is 5.68. The fraction of sp³-hybridized carbons (Fsp3) is 0.583. The third-order valence-electron chi connectivity index (χ3n) is 3.51. The first kappa shape index (κ1) is 14.0. The van der Waals surface area contributed by atoms with Crippen molar-refractivity contribution in [1.29, 1.82) is 0 Å². The van der Waals surface area contributed by atoms with Crippen molar-refractivity contribution in [1.82, 2.24) is 9.97 Å². The Hall–Kier alpha value is -1.40. The van der Waals surface area contributed by atoms with Crippen molar-refractivity contribution in [2.45, 2.75) is 25.7 Å². The lowest BCUT2D eigenvalue weighted by Crippen LogP contribution is -2.40. The van der Waals surface area contributed by atoms with Gasteiger partial charge in [-0.1, -0.05) is 18.0 Å². The molecule has 1 heterocycles. The molecule has 104 valence electrons. The lowest BCUT2D eigenvalue weighted by molar-refractivity contribution is -0.119. The van der Waals surface area contributed by atoms with E-state index in [0.717, 1.165) is 19.3 Å². The number of nitrogens with one attached hydrogen (secondary N) is 1. The largest absolute Gasteiger partial charge is 0.481 e. The summed E-state index contributed by atoms with van der Waals surface area (Å²) in [6, 6.07) is 1.48. The number of nitrogens with two attached hydrogens (primary N) is 1. The van der Waals surface area contributed by atoms with Crippen LogP contribution in [0.5, 0.6) is 5.88 Å². The van der Waals surface area contributed by atoms with E-state index in [1.807, 2.05) is 0 Å². The summed E-state index contributed by atoms with van der Waals surface area (Å²) in [5.74, 6) is 0.322. The smallest absolute Gasteiger partial charge is 0.234 e. The Morgan fingerprint density at radius 3 is 2.84 bits per heavy atom. The van der Waals surface area contributed by atoms with E-state index in [4.69, 9.17) is 22.1 Å². The molecule has 6 nitrogen and oxygen atoms in total. The number of nitrogens with zero attached hydrogens (tertiary/aromatic N) is 2. The van der Waals surface area contributed by atoms with Gasteiger partial charge in [-0.15, -0.1) is 0 Å². The maximum atomic E-state index is 12.0. The van der Waals surface area contributed by atoms with Gasteiger partial charge in [0, 0.05) is 12.5 Å². The summed E-state index contributed by atoms with van der Waals surface area (Å²) in [6.45, 7) is 0.528. The molecule has 0 aromatic carbocycles. The van der Waals surface area contributed by atoms with Gasteiger partial charge < -0.3 is 10.5 Å². The molecular formula is C12H17ClN4O2. The average molecular weight is 285 g/mol. The number of rotatable bonds is 5. The Morgan fingerprint density at radius 1 is 1.58 bits per heavy atom. The van der Waals surface area contributed by atoms with Crippen LogP contribution >= 0.6 is 11.6 Å². The predicted molar refractivity (Wildman–Crippen MR) is 72.2 cm³/mol. The maximum Gasteiger partial charge on any atom is 0.234 e. The lowest BCUT2D eigenvalue weighted by atomic mass is 9.66. The number of hydrogen-bond donors (Lipinski definition) is 2. The lowest BCUT2D eigenvalue weighted by Gasteiger charge is -2.40. The van der Waals surface area contributed by atoms with E-state index in [2.05, 4.69) is 15.3 Å². The zero-order valence-electron chi connectivity index (χ0n) is 10.8. The number of methoxy groups -OCH3 is 1. The van der Waals surface area contributed by atoms with E-state index in [-0.39, 0.29) is 22.4 Å². The minimum Gasteiger partial charge on any atom is -0.481 e. The van der Waals surface area contributed by atoms with Crippen molar-refractivity contribution in [3.05, 3.63) is 11.2 Å². The molecule has 0 saturated heterocycles. The minimum absolute atomic E-state index is 0.0489. The molecule has 2 rings (SSSR count). The third kappa shape index (κ3) is 3.33. The van der Waals surface area contributed by atoms with Crippen molar-refractivity contribution in [2.75, 3.05) is 19.0 Å². The highest BCUT2D eigenvalue weighted by atomic mass is 35.5. The normalized spacial score (nSPS) is 16.6. The van der Waals surface area contributed by atoms with Crippen LogP contribution in [0.1, 0.15) is 25.7 Å². The highest BCUT2D eigenvalue weighted by molar-refractivity contribution is 6.29. The maximum absolute atomic E-state index is 12.0. The van der Waals surface area contributed by atoms with Gasteiger partial charge in [-0.25, -0.2) is 4.98 Å². The van der Waals surface area contributed by atoms with Crippen LogP contribution in [0.4, 0.5) is 5.95 Å². The van der Waals surface area contributed by atoms with Crippen LogP contribution in [0.25, 0.3) is 0 Å². The van der Waals surface area contributed by atoms with Crippen LogP contribution < -0.4 is 15.8 Å². The van der Waals surface area contributed by atoms with Crippen molar-refractivity contribution in [3.8, 4) is 5.88 Å². The van der Waals surface area contributed by atoms with Crippen LogP contribution in [0, 0.1) is 5.41 Å². The molecular weight excluding hydrogens is 268 g/mol. The average Bonchev–Trinajstić information content (AvgIpc) is 2.33. The molecule has 19 heavy (non-hydrogen) atoms. The van der Waals surface area contributed by atoms with E-state index < -0.39 is 0 Å². The number of hydrogen-bond acceptors (Lipinski definition) is 5. The van der Waals surface area contributed by atoms with Crippen LogP contribution in [0.3, 0.4) is 0 Å². The minimum atomic E-state index is -0.144. The van der Waals surface area contributed by atoms with Crippen LogP contribution in [-0.4, -0.2) is 29.5 Å². The fourth-order valence-corrected chi connectivity index (χ4v) is 2.37. The Bertz CT molecular complexity index is 471. The summed E-state index contributed by atoms with van der Waals surface area (Å²) >= 11 is 5.81. The quantitative estimate of drug-likeness (QED) is 0.802. The fourth-order valence-electron chi connectivity index (χ4n) is 2.20. The number of carbonyl (C=O) groups is 1. The van der Waals surface area contributed by atoms with Gasteiger partial charge in [0.25, 0.3) is 0 Å². The molecule has 7 heteroatoms. The van der Waals surface area contributed by atoms with Gasteiger partial charge in [-0.2, -0.15) is 4.98 Å². The monoisotopic (exact) mass is 284 g/mol. The van der Waals surface area contributed by atoms with E-state index >= 15 is 0 Å². The second-order valence-corrected chi connectivity index (χ2v) is 5.23. The summed E-state index contributed by atoms with van der Waals surface area (Å²) in [5, 5.41) is 2.86. The van der Waals surface area contributed by atoms with Crippen LogP contribution in [0.2, 0.25) is 5.15 Å². The first-order chi connectivity index (χ1) is 9.07. The predicted octanol–water partition coefficient (Wildman–Crippen LogP) is 1.60. The summed E-state index contributed by atoms with van der Waals surface area (Å²) in [4.78, 5) is 19.9. The SMILES string of the molecule is COc1cc(Cl)nc(NC(=O)CC2(CN)CCC2)n1. The zero-order chi connectivity index (χ0) is 13.9. The van der Waals surface area contributed by atoms with E-state index in [1.54, 1.807) is 0 Å². The number of ether oxygens (including phenoxy) is 1. The van der Waals surface area contributed by atoms with E-state index in [1.165, 1.54) is 13.2 Å². The van der Waals surface area contributed by atoms with Gasteiger partial charge in [0.2, 0.25) is 17.7 Å². The molecule has 0 unspecified atom stereocenters. The Morgan fingerprint density at radius 2 is 2.32 bits per heavy atom. The molecule has 1 saturated carbocycles. The van der Waals surface area contributed by atoms with Gasteiger partial charge in [0.15, 0.2) is 0 Å². The van der Waals surface area contributed by atoms with Gasteiger partial charge in [0.1, 0.15) is 5.15 Å². The molecule has 0 atom stereocenters. The number of amides is 1. The number of halogens is 1. The molecule has 1 aliphatic carbocycles. The number of aromatic nitrogens is 2. The Kier molecular flexibility index (Phi) is 4.21. The molecule has 1 fully saturated rings. The topological polar surface area (TPSA) is 90.1 Å². The molecule has 1 amide bonds. The summed E-state index contributed by atoms with van der Waals surface area (Å²) in [6.07, 6.45) is 3.51. The zero-order valence-corrected chi connectivity index (χ0v) is 11.5. The Balaban J connectivity index is 2.00. The molecule has 1 aliphatic rings.